The van der Waals surface area contributed by atoms with E-state index >= 15 is 0 Å². The van der Waals surface area contributed by atoms with Crippen LogP contribution in [0.2, 0.25) is 0 Å². The van der Waals surface area contributed by atoms with Gasteiger partial charge in [-0.2, -0.15) is 4.98 Å². The first-order chi connectivity index (χ1) is 11.3. The highest BCUT2D eigenvalue weighted by molar-refractivity contribution is 7.89. The number of rotatable bonds is 5. The lowest BCUT2D eigenvalue weighted by atomic mass is 9.81. The topological polar surface area (TPSA) is 116 Å². The second-order valence-corrected chi connectivity index (χ2v) is 8.48. The number of anilines is 2. The average molecular weight is 355 g/mol. The lowest BCUT2D eigenvalue weighted by molar-refractivity contribution is -0.148. The van der Waals surface area contributed by atoms with Crippen molar-refractivity contribution in [2.45, 2.75) is 6.92 Å². The number of hydrogen-bond acceptors (Lipinski definition) is 7. The molecule has 2 saturated heterocycles. The first-order valence-electron chi connectivity index (χ1n) is 7.79. The van der Waals surface area contributed by atoms with Crippen LogP contribution in [0.1, 0.15) is 6.92 Å². The van der Waals surface area contributed by atoms with Crippen LogP contribution in [0.25, 0.3) is 0 Å². The number of hydrogen-bond donors (Lipinski definition) is 2. The summed E-state index contributed by atoms with van der Waals surface area (Å²) in [6.45, 7) is 2.43. The summed E-state index contributed by atoms with van der Waals surface area (Å²) in [6, 6.07) is 1.73. The van der Waals surface area contributed by atoms with Crippen LogP contribution in [0.5, 0.6) is 0 Å². The molecule has 0 bridgehead atoms. The molecule has 2 fully saturated rings. The van der Waals surface area contributed by atoms with Gasteiger partial charge in [0.2, 0.25) is 16.0 Å². The van der Waals surface area contributed by atoms with E-state index < -0.39 is 21.4 Å². The van der Waals surface area contributed by atoms with Crippen molar-refractivity contribution in [3.8, 4) is 0 Å². The monoisotopic (exact) mass is 355 g/mol. The largest absolute Gasteiger partial charge is 0.481 e. The first-order valence-corrected chi connectivity index (χ1v) is 9.40. The zero-order valence-electron chi connectivity index (χ0n) is 13.6. The maximum Gasteiger partial charge on any atom is 0.313 e. The number of aromatic nitrogens is 2. The summed E-state index contributed by atoms with van der Waals surface area (Å²) < 4.78 is 25.6. The van der Waals surface area contributed by atoms with Crippen LogP contribution in [0, 0.1) is 11.3 Å². The maximum absolute atomic E-state index is 12.1. The van der Waals surface area contributed by atoms with Gasteiger partial charge in [0.25, 0.3) is 0 Å². The Morgan fingerprint density at radius 1 is 1.46 bits per heavy atom. The number of fused-ring (bicyclic) bond motifs is 1. The Balaban J connectivity index is 1.87. The molecule has 10 heteroatoms. The predicted octanol–water partition coefficient (Wildman–Crippen LogP) is -0.309. The first kappa shape index (κ1) is 16.9. The second-order valence-electron chi connectivity index (χ2n) is 6.22. The summed E-state index contributed by atoms with van der Waals surface area (Å²) >= 11 is 0. The Bertz CT molecular complexity index is 755. The number of sulfonamides is 1. The van der Waals surface area contributed by atoms with Gasteiger partial charge in [-0.3, -0.25) is 4.79 Å². The highest BCUT2D eigenvalue weighted by atomic mass is 32.2. The van der Waals surface area contributed by atoms with E-state index in [-0.39, 0.29) is 31.3 Å². The summed E-state index contributed by atoms with van der Waals surface area (Å²) in [6.07, 6.45) is 1.61. The Hall–Kier alpha value is -1.94. The molecule has 24 heavy (non-hydrogen) atoms. The summed E-state index contributed by atoms with van der Waals surface area (Å²) in [4.78, 5) is 22.4. The van der Waals surface area contributed by atoms with Gasteiger partial charge < -0.3 is 15.3 Å². The van der Waals surface area contributed by atoms with Crippen LogP contribution in [0.3, 0.4) is 0 Å². The summed E-state index contributed by atoms with van der Waals surface area (Å²) in [5.41, 5.74) is -1.11. The fraction of sp³-hybridized carbons (Fsp3) is 0.643. The van der Waals surface area contributed by atoms with Crippen molar-refractivity contribution < 1.29 is 18.3 Å². The van der Waals surface area contributed by atoms with Crippen molar-refractivity contribution in [3.05, 3.63) is 12.3 Å². The fourth-order valence-electron chi connectivity index (χ4n) is 3.51. The molecule has 1 aromatic heterocycles. The molecule has 0 unspecified atom stereocenters. The minimum absolute atomic E-state index is 0.00535. The molecule has 3 heterocycles. The van der Waals surface area contributed by atoms with Gasteiger partial charge in [-0.25, -0.2) is 17.7 Å². The zero-order chi connectivity index (χ0) is 17.5. The number of carboxylic acid groups (broad SMARTS) is 1. The highest BCUT2D eigenvalue weighted by Crippen LogP contribution is 2.44. The number of carboxylic acids is 1. The van der Waals surface area contributed by atoms with E-state index in [4.69, 9.17) is 0 Å². The van der Waals surface area contributed by atoms with E-state index in [0.717, 1.165) is 0 Å². The molecule has 132 valence electrons. The quantitative estimate of drug-likeness (QED) is 0.739. The highest BCUT2D eigenvalue weighted by Gasteiger charge is 2.59. The van der Waals surface area contributed by atoms with E-state index in [2.05, 4.69) is 15.3 Å². The predicted molar refractivity (Wildman–Crippen MR) is 88.4 cm³/mol. The van der Waals surface area contributed by atoms with Crippen molar-refractivity contribution in [1.29, 1.82) is 0 Å². The lowest BCUT2D eigenvalue weighted by Gasteiger charge is -2.25. The van der Waals surface area contributed by atoms with Crippen LogP contribution in [0.4, 0.5) is 11.8 Å². The standard InChI is InChI=1S/C14H21N5O4S/c1-3-24(22,23)19-7-10-6-18(8-14(10,9-19)12(20)21)13-16-5-4-11(15-2)17-13/h4-5,10H,3,6-9H2,1-2H3,(H,20,21)(H,15,16,17)/t10-,14-/m0/s1. The van der Waals surface area contributed by atoms with Crippen molar-refractivity contribution in [1.82, 2.24) is 14.3 Å². The molecule has 2 aliphatic rings. The molecule has 3 rings (SSSR count). The van der Waals surface area contributed by atoms with E-state index in [9.17, 15) is 18.3 Å². The normalized spacial score (nSPS) is 27.2. The molecule has 0 spiro atoms. The Kier molecular flexibility index (Phi) is 4.12. The smallest absolute Gasteiger partial charge is 0.313 e. The van der Waals surface area contributed by atoms with Gasteiger partial charge in [0, 0.05) is 45.3 Å². The molecule has 0 aromatic carbocycles. The third-order valence-electron chi connectivity index (χ3n) is 4.94. The fourth-order valence-corrected chi connectivity index (χ4v) is 4.71. The molecular formula is C14H21N5O4S. The number of nitrogens with zero attached hydrogens (tertiary/aromatic N) is 4. The van der Waals surface area contributed by atoms with Crippen LogP contribution in [0.15, 0.2) is 12.3 Å². The minimum atomic E-state index is -3.39. The van der Waals surface area contributed by atoms with E-state index in [1.807, 2.05) is 4.90 Å². The van der Waals surface area contributed by atoms with E-state index in [0.29, 0.717) is 18.3 Å². The number of nitrogens with one attached hydrogen (secondary N) is 1. The van der Waals surface area contributed by atoms with Gasteiger partial charge in [0.1, 0.15) is 11.2 Å². The third-order valence-corrected chi connectivity index (χ3v) is 6.74. The van der Waals surface area contributed by atoms with E-state index in [1.165, 1.54) is 4.31 Å². The average Bonchev–Trinajstić information content (AvgIpc) is 3.11. The summed E-state index contributed by atoms with van der Waals surface area (Å²) in [7, 11) is -1.65. The molecule has 0 aliphatic carbocycles. The number of carbonyl (C=O) groups is 1. The van der Waals surface area contributed by atoms with Crippen molar-refractivity contribution in [2.24, 2.45) is 11.3 Å². The molecule has 0 saturated carbocycles. The van der Waals surface area contributed by atoms with Gasteiger partial charge in [0.05, 0.1) is 5.75 Å². The molecule has 9 nitrogen and oxygen atoms in total. The van der Waals surface area contributed by atoms with Crippen LogP contribution < -0.4 is 10.2 Å². The van der Waals surface area contributed by atoms with E-state index in [1.54, 1.807) is 26.2 Å². The third kappa shape index (κ3) is 2.59. The Morgan fingerprint density at radius 2 is 2.21 bits per heavy atom. The Morgan fingerprint density at radius 3 is 2.79 bits per heavy atom. The molecule has 0 amide bonds. The lowest BCUT2D eigenvalue weighted by Crippen LogP contribution is -2.42. The van der Waals surface area contributed by atoms with Gasteiger partial charge in [-0.15, -0.1) is 0 Å². The van der Waals surface area contributed by atoms with Gasteiger partial charge in [-0.05, 0) is 13.0 Å². The zero-order valence-corrected chi connectivity index (χ0v) is 14.5. The summed E-state index contributed by atoms with van der Waals surface area (Å²) in [5, 5.41) is 12.7. The van der Waals surface area contributed by atoms with Crippen molar-refractivity contribution >= 4 is 27.8 Å². The Labute approximate surface area is 140 Å². The maximum atomic E-state index is 12.1. The van der Waals surface area contributed by atoms with Crippen LogP contribution in [-0.2, 0) is 14.8 Å². The van der Waals surface area contributed by atoms with Crippen LogP contribution in [-0.4, -0.2) is 72.7 Å². The van der Waals surface area contributed by atoms with Crippen molar-refractivity contribution in [2.75, 3.05) is 49.2 Å². The summed E-state index contributed by atoms with van der Waals surface area (Å²) in [5.74, 6) is -0.156. The molecule has 2 N–H and O–H groups in total. The number of aliphatic carboxylic acids is 1. The molecular weight excluding hydrogens is 334 g/mol. The van der Waals surface area contributed by atoms with Crippen molar-refractivity contribution in [3.63, 3.8) is 0 Å². The molecule has 2 atom stereocenters. The van der Waals surface area contributed by atoms with Gasteiger partial charge in [0.15, 0.2) is 0 Å². The van der Waals surface area contributed by atoms with Gasteiger partial charge >= 0.3 is 5.97 Å². The molecule has 1 aromatic rings. The SMILES string of the molecule is CCS(=O)(=O)N1C[C@@H]2CN(c3nccc(NC)n3)C[C@]2(C(=O)O)C1. The molecule has 2 aliphatic heterocycles. The van der Waals surface area contributed by atoms with Crippen LogP contribution >= 0.6 is 0 Å². The van der Waals surface area contributed by atoms with Gasteiger partial charge in [-0.1, -0.05) is 0 Å². The molecule has 0 radical (unpaired) electrons. The second kappa shape index (κ2) is 5.85. The minimum Gasteiger partial charge on any atom is -0.481 e.